The van der Waals surface area contributed by atoms with E-state index in [1.54, 1.807) is 6.92 Å². The van der Waals surface area contributed by atoms with Crippen LogP contribution in [0.1, 0.15) is 31.7 Å². The quantitative estimate of drug-likeness (QED) is 0.720. The van der Waals surface area contributed by atoms with Gasteiger partial charge in [-0.1, -0.05) is 12.1 Å². The second-order valence-corrected chi connectivity index (χ2v) is 3.81. The van der Waals surface area contributed by atoms with Crippen LogP contribution in [0.2, 0.25) is 0 Å². The van der Waals surface area contributed by atoms with Crippen molar-refractivity contribution in [3.05, 3.63) is 29.8 Å². The van der Waals surface area contributed by atoms with Crippen molar-refractivity contribution in [1.82, 2.24) is 0 Å². The van der Waals surface area contributed by atoms with Crippen LogP contribution >= 0.6 is 0 Å². The van der Waals surface area contributed by atoms with Crippen LogP contribution in [0, 0.1) is 0 Å². The first kappa shape index (κ1) is 12.7. The number of ether oxygens (including phenoxy) is 1. The lowest BCUT2D eigenvalue weighted by Gasteiger charge is -2.06. The van der Waals surface area contributed by atoms with Crippen molar-refractivity contribution in [3.63, 3.8) is 0 Å². The van der Waals surface area contributed by atoms with E-state index in [1.165, 1.54) is 0 Å². The molecule has 0 saturated carbocycles. The summed E-state index contributed by atoms with van der Waals surface area (Å²) in [6, 6.07) is 7.36. The van der Waals surface area contributed by atoms with Crippen LogP contribution in [-0.4, -0.2) is 17.5 Å². The minimum Gasteiger partial charge on any atom is -0.494 e. The molecule has 88 valence electrons. The summed E-state index contributed by atoms with van der Waals surface area (Å²) in [6.45, 7) is 2.29. The summed E-state index contributed by atoms with van der Waals surface area (Å²) in [6.07, 6.45) is 2.40. The number of hydrogen-bond acceptors (Lipinski definition) is 3. The minimum atomic E-state index is 0.0545. The van der Waals surface area contributed by atoms with Crippen molar-refractivity contribution in [2.45, 2.75) is 32.8 Å². The molecule has 1 aromatic carbocycles. The van der Waals surface area contributed by atoms with Crippen LogP contribution < -0.4 is 4.74 Å². The average molecular weight is 222 g/mol. The highest BCUT2D eigenvalue weighted by Gasteiger charge is 1.96. The minimum absolute atomic E-state index is 0.0545. The van der Waals surface area contributed by atoms with Gasteiger partial charge < -0.3 is 14.6 Å². The molecular formula is C13H18O3. The number of unbranched alkanes of at least 4 members (excludes halogenated alkanes) is 1. The Balaban J connectivity index is 2.19. The molecule has 1 rings (SSSR count). The van der Waals surface area contributed by atoms with Crippen LogP contribution in [0.5, 0.6) is 5.75 Å². The van der Waals surface area contributed by atoms with E-state index < -0.39 is 0 Å². The maximum absolute atomic E-state index is 10.7. The zero-order valence-corrected chi connectivity index (χ0v) is 9.61. The highest BCUT2D eigenvalue weighted by Crippen LogP contribution is 2.12. The second-order valence-electron chi connectivity index (χ2n) is 3.81. The highest BCUT2D eigenvalue weighted by atomic mass is 16.5. The van der Waals surface area contributed by atoms with Crippen LogP contribution in [0.15, 0.2) is 24.3 Å². The van der Waals surface area contributed by atoms with Crippen LogP contribution in [0.4, 0.5) is 0 Å². The van der Waals surface area contributed by atoms with Crippen molar-refractivity contribution < 1.29 is 14.6 Å². The normalized spacial score (nSPS) is 10.1. The molecular weight excluding hydrogens is 204 g/mol. The molecule has 0 aliphatic heterocycles. The molecule has 0 spiro atoms. The fourth-order valence-electron chi connectivity index (χ4n) is 1.36. The van der Waals surface area contributed by atoms with E-state index in [4.69, 9.17) is 9.84 Å². The van der Waals surface area contributed by atoms with E-state index in [1.807, 2.05) is 24.3 Å². The van der Waals surface area contributed by atoms with Gasteiger partial charge in [-0.05, 0) is 37.5 Å². The summed E-state index contributed by atoms with van der Waals surface area (Å²) >= 11 is 0. The number of ketones is 1. The Kier molecular flexibility index (Phi) is 5.57. The zero-order chi connectivity index (χ0) is 11.8. The Morgan fingerprint density at radius 2 is 1.94 bits per heavy atom. The lowest BCUT2D eigenvalue weighted by molar-refractivity contribution is -0.117. The Hall–Kier alpha value is -1.35. The summed E-state index contributed by atoms with van der Waals surface area (Å²) in [5.41, 5.74) is 0.879. The first-order chi connectivity index (χ1) is 7.72. The monoisotopic (exact) mass is 222 g/mol. The first-order valence-corrected chi connectivity index (χ1v) is 5.54. The molecule has 1 N–H and O–H groups in total. The Labute approximate surface area is 96.1 Å². The van der Waals surface area contributed by atoms with Gasteiger partial charge in [0.25, 0.3) is 0 Å². The van der Waals surface area contributed by atoms with Gasteiger partial charge in [0.2, 0.25) is 0 Å². The lowest BCUT2D eigenvalue weighted by atomic mass is 10.2. The number of carbonyl (C=O) groups excluding carboxylic acids is 1. The van der Waals surface area contributed by atoms with E-state index in [0.717, 1.165) is 24.2 Å². The third-order valence-corrected chi connectivity index (χ3v) is 2.30. The van der Waals surface area contributed by atoms with Gasteiger partial charge in [-0.25, -0.2) is 0 Å². The summed E-state index contributed by atoms with van der Waals surface area (Å²) in [4.78, 5) is 10.7. The summed E-state index contributed by atoms with van der Waals surface area (Å²) in [5.74, 6) is 1.03. The molecule has 0 aromatic heterocycles. The molecule has 0 heterocycles. The van der Waals surface area contributed by atoms with E-state index in [0.29, 0.717) is 13.0 Å². The van der Waals surface area contributed by atoms with E-state index in [2.05, 4.69) is 0 Å². The molecule has 0 aliphatic rings. The van der Waals surface area contributed by atoms with Gasteiger partial charge in [0, 0.05) is 6.42 Å². The van der Waals surface area contributed by atoms with Crippen molar-refractivity contribution in [2.75, 3.05) is 6.61 Å². The van der Waals surface area contributed by atoms with Gasteiger partial charge in [-0.15, -0.1) is 0 Å². The Bertz CT molecular complexity index is 316. The van der Waals surface area contributed by atoms with Crippen molar-refractivity contribution in [3.8, 4) is 5.75 Å². The largest absolute Gasteiger partial charge is 0.494 e. The molecule has 0 radical (unpaired) electrons. The number of carbonyl (C=O) groups is 1. The Morgan fingerprint density at radius 1 is 1.25 bits per heavy atom. The standard InChI is InChI=1S/C13H18O3/c1-11(15)4-2-3-9-16-13-7-5-12(10-14)6-8-13/h5-8,14H,2-4,9-10H2,1H3. The van der Waals surface area contributed by atoms with Gasteiger partial charge in [0.15, 0.2) is 0 Å². The number of Topliss-reactive ketones (excluding diaryl/α,β-unsaturated/α-hetero) is 1. The van der Waals surface area contributed by atoms with E-state index in [-0.39, 0.29) is 12.4 Å². The number of aliphatic hydroxyl groups excluding tert-OH is 1. The predicted octanol–water partition coefficient (Wildman–Crippen LogP) is 2.32. The van der Waals surface area contributed by atoms with Gasteiger partial charge in [0.05, 0.1) is 13.2 Å². The molecule has 3 nitrogen and oxygen atoms in total. The van der Waals surface area contributed by atoms with Crippen LogP contribution in [0.3, 0.4) is 0 Å². The fraction of sp³-hybridized carbons (Fsp3) is 0.462. The average Bonchev–Trinajstić information content (AvgIpc) is 2.29. The summed E-state index contributed by atoms with van der Waals surface area (Å²) in [5, 5.41) is 8.85. The van der Waals surface area contributed by atoms with Crippen LogP contribution in [-0.2, 0) is 11.4 Å². The molecule has 0 fully saturated rings. The van der Waals surface area contributed by atoms with Crippen molar-refractivity contribution in [1.29, 1.82) is 0 Å². The molecule has 16 heavy (non-hydrogen) atoms. The molecule has 0 unspecified atom stereocenters. The molecule has 3 heteroatoms. The van der Waals surface area contributed by atoms with E-state index in [9.17, 15) is 4.79 Å². The molecule has 0 bridgehead atoms. The maximum atomic E-state index is 10.7. The number of aliphatic hydroxyl groups is 1. The fourth-order valence-corrected chi connectivity index (χ4v) is 1.36. The van der Waals surface area contributed by atoms with Gasteiger partial charge in [-0.2, -0.15) is 0 Å². The third-order valence-electron chi connectivity index (χ3n) is 2.30. The highest BCUT2D eigenvalue weighted by molar-refractivity contribution is 5.75. The zero-order valence-electron chi connectivity index (χ0n) is 9.61. The number of benzene rings is 1. The molecule has 0 amide bonds. The number of rotatable bonds is 7. The third kappa shape index (κ3) is 4.94. The second kappa shape index (κ2) is 7.01. The SMILES string of the molecule is CC(=O)CCCCOc1ccc(CO)cc1. The van der Waals surface area contributed by atoms with Crippen LogP contribution in [0.25, 0.3) is 0 Å². The summed E-state index contributed by atoms with van der Waals surface area (Å²) in [7, 11) is 0. The van der Waals surface area contributed by atoms with Crippen molar-refractivity contribution >= 4 is 5.78 Å². The predicted molar refractivity (Wildman–Crippen MR) is 62.4 cm³/mol. The molecule has 0 atom stereocenters. The van der Waals surface area contributed by atoms with Gasteiger partial charge in [0.1, 0.15) is 11.5 Å². The molecule has 1 aromatic rings. The Morgan fingerprint density at radius 3 is 2.50 bits per heavy atom. The maximum Gasteiger partial charge on any atom is 0.129 e. The summed E-state index contributed by atoms with van der Waals surface area (Å²) < 4.78 is 5.49. The lowest BCUT2D eigenvalue weighted by Crippen LogP contribution is -1.99. The topological polar surface area (TPSA) is 46.5 Å². The van der Waals surface area contributed by atoms with Crippen molar-refractivity contribution in [2.24, 2.45) is 0 Å². The van der Waals surface area contributed by atoms with E-state index >= 15 is 0 Å². The molecule has 0 saturated heterocycles. The first-order valence-electron chi connectivity index (χ1n) is 5.54. The number of hydrogen-bond donors (Lipinski definition) is 1. The van der Waals surface area contributed by atoms with Gasteiger partial charge >= 0.3 is 0 Å². The molecule has 0 aliphatic carbocycles. The van der Waals surface area contributed by atoms with Gasteiger partial charge in [-0.3, -0.25) is 0 Å². The smallest absolute Gasteiger partial charge is 0.129 e.